The predicted octanol–water partition coefficient (Wildman–Crippen LogP) is 0.853. The quantitative estimate of drug-likeness (QED) is 0.756. The maximum atomic E-state index is 13.9. The van der Waals surface area contributed by atoms with Crippen molar-refractivity contribution in [2.45, 2.75) is 37.6 Å². The average Bonchev–Trinajstić information content (AvgIpc) is 2.59. The number of likely N-dealkylation sites (tertiary alicyclic amines) is 1. The number of amides is 2. The number of carbonyl (C=O) groups is 2. The zero-order valence-corrected chi connectivity index (χ0v) is 15.6. The number of rotatable bonds is 6. The van der Waals surface area contributed by atoms with E-state index < -0.39 is 32.7 Å². The van der Waals surface area contributed by atoms with E-state index in [2.05, 4.69) is 4.72 Å². The molecule has 0 bridgehead atoms. The van der Waals surface area contributed by atoms with E-state index in [-0.39, 0.29) is 17.7 Å². The molecule has 0 spiro atoms. The fraction of sp³-hybridized carbons (Fsp3) is 0.529. The Labute approximate surface area is 152 Å². The molecule has 26 heavy (non-hydrogen) atoms. The van der Waals surface area contributed by atoms with Crippen LogP contribution in [-0.4, -0.2) is 44.3 Å². The Morgan fingerprint density at radius 3 is 2.31 bits per heavy atom. The maximum Gasteiger partial charge on any atom is 0.244 e. The summed E-state index contributed by atoms with van der Waals surface area (Å²) in [7, 11) is -4.19. The molecule has 7 nitrogen and oxygen atoms in total. The highest BCUT2D eigenvalue weighted by molar-refractivity contribution is 7.89. The minimum absolute atomic E-state index is 0.272. The van der Waals surface area contributed by atoms with Crippen molar-refractivity contribution in [3.05, 3.63) is 30.1 Å². The van der Waals surface area contributed by atoms with E-state index >= 15 is 0 Å². The van der Waals surface area contributed by atoms with Gasteiger partial charge < -0.3 is 10.6 Å². The van der Waals surface area contributed by atoms with E-state index in [1.165, 1.54) is 17.0 Å². The van der Waals surface area contributed by atoms with Gasteiger partial charge in [0.1, 0.15) is 16.8 Å². The van der Waals surface area contributed by atoms with Crippen LogP contribution in [0.4, 0.5) is 4.39 Å². The number of hydrogen-bond donors (Lipinski definition) is 2. The second-order valence-corrected chi connectivity index (χ2v) is 8.46. The number of nitrogens with two attached hydrogens (primary N) is 1. The lowest BCUT2D eigenvalue weighted by atomic mass is 9.95. The van der Waals surface area contributed by atoms with E-state index in [1.54, 1.807) is 13.8 Å². The normalized spacial score (nSPS) is 17.3. The van der Waals surface area contributed by atoms with Gasteiger partial charge in [-0.1, -0.05) is 26.0 Å². The van der Waals surface area contributed by atoms with Crippen LogP contribution in [0.5, 0.6) is 0 Å². The van der Waals surface area contributed by atoms with Gasteiger partial charge in [-0.2, -0.15) is 4.72 Å². The van der Waals surface area contributed by atoms with Crippen molar-refractivity contribution >= 4 is 21.8 Å². The van der Waals surface area contributed by atoms with Crippen LogP contribution in [0.15, 0.2) is 29.2 Å². The van der Waals surface area contributed by atoms with Crippen molar-refractivity contribution in [2.24, 2.45) is 17.6 Å². The van der Waals surface area contributed by atoms with Crippen molar-refractivity contribution < 1.29 is 22.4 Å². The summed E-state index contributed by atoms with van der Waals surface area (Å²) in [6, 6.07) is 3.98. The van der Waals surface area contributed by atoms with Gasteiger partial charge in [0.15, 0.2) is 0 Å². The van der Waals surface area contributed by atoms with Crippen molar-refractivity contribution in [1.82, 2.24) is 9.62 Å². The van der Waals surface area contributed by atoms with Crippen molar-refractivity contribution in [1.29, 1.82) is 0 Å². The fourth-order valence-corrected chi connectivity index (χ4v) is 4.36. The van der Waals surface area contributed by atoms with Gasteiger partial charge >= 0.3 is 0 Å². The number of piperidine rings is 1. The van der Waals surface area contributed by atoms with Crippen LogP contribution in [0, 0.1) is 17.7 Å². The van der Waals surface area contributed by atoms with Crippen LogP contribution < -0.4 is 10.5 Å². The summed E-state index contributed by atoms with van der Waals surface area (Å²) in [4.78, 5) is 25.1. The van der Waals surface area contributed by atoms with E-state index in [0.717, 1.165) is 12.1 Å². The molecule has 1 heterocycles. The summed E-state index contributed by atoms with van der Waals surface area (Å²) in [5, 5.41) is 0. The summed E-state index contributed by atoms with van der Waals surface area (Å²) in [6.07, 6.45) is 0.901. The molecule has 2 amide bonds. The molecule has 0 aliphatic carbocycles. The largest absolute Gasteiger partial charge is 0.369 e. The highest BCUT2D eigenvalue weighted by atomic mass is 32.2. The Kier molecular flexibility index (Phi) is 6.35. The maximum absolute atomic E-state index is 13.9. The number of sulfonamides is 1. The Hall–Kier alpha value is -2.00. The molecule has 144 valence electrons. The minimum atomic E-state index is -4.19. The molecule has 0 radical (unpaired) electrons. The Morgan fingerprint density at radius 1 is 1.23 bits per heavy atom. The third-order valence-electron chi connectivity index (χ3n) is 4.55. The zero-order valence-electron chi connectivity index (χ0n) is 14.8. The van der Waals surface area contributed by atoms with Gasteiger partial charge in [0, 0.05) is 19.0 Å². The van der Waals surface area contributed by atoms with Crippen LogP contribution in [0.1, 0.15) is 26.7 Å². The van der Waals surface area contributed by atoms with E-state index in [1.807, 2.05) is 0 Å². The van der Waals surface area contributed by atoms with Gasteiger partial charge in [-0.25, -0.2) is 12.8 Å². The molecular weight excluding hydrogens is 361 g/mol. The third-order valence-corrected chi connectivity index (χ3v) is 6.02. The summed E-state index contributed by atoms with van der Waals surface area (Å²) < 4.78 is 41.2. The van der Waals surface area contributed by atoms with Gasteiger partial charge in [0.2, 0.25) is 21.8 Å². The molecule has 0 aromatic heterocycles. The van der Waals surface area contributed by atoms with Gasteiger partial charge in [-0.15, -0.1) is 0 Å². The van der Waals surface area contributed by atoms with E-state index in [0.29, 0.717) is 25.9 Å². The van der Waals surface area contributed by atoms with Crippen LogP contribution in [0.3, 0.4) is 0 Å². The lowest BCUT2D eigenvalue weighted by molar-refractivity contribution is -0.137. The number of nitrogens with one attached hydrogen (secondary N) is 1. The molecule has 0 saturated carbocycles. The molecule has 3 N–H and O–H groups in total. The molecule has 9 heteroatoms. The van der Waals surface area contributed by atoms with E-state index in [9.17, 15) is 22.4 Å². The van der Waals surface area contributed by atoms with Gasteiger partial charge in [0.25, 0.3) is 0 Å². The Bertz CT molecular complexity index is 774. The number of hydrogen-bond acceptors (Lipinski definition) is 4. The highest BCUT2D eigenvalue weighted by Gasteiger charge is 2.34. The molecule has 1 aliphatic heterocycles. The second kappa shape index (κ2) is 8.13. The molecule has 1 saturated heterocycles. The summed E-state index contributed by atoms with van der Waals surface area (Å²) in [6.45, 7) is 4.08. The van der Waals surface area contributed by atoms with Crippen LogP contribution >= 0.6 is 0 Å². The highest BCUT2D eigenvalue weighted by Crippen LogP contribution is 2.20. The number of nitrogens with zero attached hydrogens (tertiary/aromatic N) is 1. The van der Waals surface area contributed by atoms with Gasteiger partial charge in [-0.3, -0.25) is 9.59 Å². The van der Waals surface area contributed by atoms with E-state index in [4.69, 9.17) is 5.73 Å². The standard InChI is InChI=1S/C17H24FN3O4S/c1-11(2)15(17(23)21-9-7-12(8-10-21)16(19)22)20-26(24,25)14-6-4-3-5-13(14)18/h3-6,11-12,15,20H,7-10H2,1-2H3,(H2,19,22)/t15-/m0/s1. The van der Waals surface area contributed by atoms with Gasteiger partial charge in [0.05, 0.1) is 0 Å². The van der Waals surface area contributed by atoms with Crippen LogP contribution in [0.25, 0.3) is 0 Å². The zero-order chi connectivity index (χ0) is 19.5. The molecule has 1 aromatic rings. The van der Waals surface area contributed by atoms with Crippen molar-refractivity contribution in [3.8, 4) is 0 Å². The third kappa shape index (κ3) is 4.59. The fourth-order valence-electron chi connectivity index (χ4n) is 2.95. The molecule has 1 atom stereocenters. The Morgan fingerprint density at radius 2 is 1.81 bits per heavy atom. The molecule has 1 fully saturated rings. The van der Waals surface area contributed by atoms with Crippen LogP contribution in [-0.2, 0) is 19.6 Å². The summed E-state index contributed by atoms with van der Waals surface area (Å²) in [5.74, 6) is -2.26. The Balaban J connectivity index is 2.15. The molecule has 0 unspecified atom stereocenters. The van der Waals surface area contributed by atoms with Crippen molar-refractivity contribution in [3.63, 3.8) is 0 Å². The smallest absolute Gasteiger partial charge is 0.244 e. The first kappa shape index (κ1) is 20.3. The number of halogens is 1. The second-order valence-electron chi connectivity index (χ2n) is 6.78. The first-order chi connectivity index (χ1) is 12.1. The topological polar surface area (TPSA) is 110 Å². The average molecular weight is 385 g/mol. The molecule has 2 rings (SSSR count). The van der Waals surface area contributed by atoms with Crippen LogP contribution in [0.2, 0.25) is 0 Å². The molecule has 1 aromatic carbocycles. The SMILES string of the molecule is CC(C)[C@H](NS(=O)(=O)c1ccccc1F)C(=O)N1CCC(C(N)=O)CC1. The van der Waals surface area contributed by atoms with Crippen molar-refractivity contribution in [2.75, 3.05) is 13.1 Å². The first-order valence-corrected chi connectivity index (χ1v) is 9.96. The summed E-state index contributed by atoms with van der Waals surface area (Å²) >= 11 is 0. The molecule has 1 aliphatic rings. The summed E-state index contributed by atoms with van der Waals surface area (Å²) in [5.41, 5.74) is 5.29. The minimum Gasteiger partial charge on any atom is -0.369 e. The monoisotopic (exact) mass is 385 g/mol. The number of primary amides is 1. The lowest BCUT2D eigenvalue weighted by Crippen LogP contribution is -2.53. The number of carbonyl (C=O) groups excluding carboxylic acids is 2. The predicted molar refractivity (Wildman–Crippen MR) is 93.8 cm³/mol. The first-order valence-electron chi connectivity index (χ1n) is 8.48. The molecular formula is C17H24FN3O4S. The number of benzene rings is 1. The lowest BCUT2D eigenvalue weighted by Gasteiger charge is -2.34. The van der Waals surface area contributed by atoms with Gasteiger partial charge in [-0.05, 0) is 30.9 Å².